The molecule has 0 radical (unpaired) electrons. The van der Waals surface area contributed by atoms with Crippen LogP contribution in [0.1, 0.15) is 23.1 Å². The number of rotatable bonds is 7. The largest absolute Gasteiger partial charge is 0.494 e. The highest BCUT2D eigenvalue weighted by atomic mass is 79.9. The van der Waals surface area contributed by atoms with Gasteiger partial charge in [0.2, 0.25) is 5.91 Å². The van der Waals surface area contributed by atoms with Gasteiger partial charge in [-0.3, -0.25) is 9.59 Å². The van der Waals surface area contributed by atoms with Gasteiger partial charge in [-0.05, 0) is 62.4 Å². The van der Waals surface area contributed by atoms with E-state index >= 15 is 0 Å². The minimum atomic E-state index is -0.397. The summed E-state index contributed by atoms with van der Waals surface area (Å²) in [6.45, 7) is 4.12. The lowest BCUT2D eigenvalue weighted by Crippen LogP contribution is -2.21. The van der Waals surface area contributed by atoms with Crippen molar-refractivity contribution in [3.05, 3.63) is 64.4 Å². The van der Waals surface area contributed by atoms with Gasteiger partial charge in [-0.2, -0.15) is 0 Å². The van der Waals surface area contributed by atoms with Gasteiger partial charge >= 0.3 is 0 Å². The van der Waals surface area contributed by atoms with Crippen LogP contribution < -0.4 is 15.4 Å². The zero-order valence-corrected chi connectivity index (χ0v) is 17.6. The molecule has 0 aliphatic carbocycles. The Kier molecular flexibility index (Phi) is 6.61. The van der Waals surface area contributed by atoms with Gasteiger partial charge in [0.05, 0.1) is 12.3 Å². The molecule has 29 heavy (non-hydrogen) atoms. The predicted octanol–water partition coefficient (Wildman–Crippen LogP) is 3.64. The van der Waals surface area contributed by atoms with E-state index in [0.29, 0.717) is 23.7 Å². The molecule has 150 valence electrons. The minimum absolute atomic E-state index is 0.0504. The first-order chi connectivity index (χ1) is 14.0. The fourth-order valence-corrected chi connectivity index (χ4v) is 2.85. The van der Waals surface area contributed by atoms with Crippen LogP contribution in [0.4, 0.5) is 11.4 Å². The van der Waals surface area contributed by atoms with Crippen LogP contribution >= 0.6 is 15.9 Å². The summed E-state index contributed by atoms with van der Waals surface area (Å²) in [7, 11) is 0. The van der Waals surface area contributed by atoms with Crippen LogP contribution in [0.2, 0.25) is 0 Å². The lowest BCUT2D eigenvalue weighted by Gasteiger charge is -2.07. The van der Waals surface area contributed by atoms with E-state index in [1.807, 2.05) is 19.1 Å². The highest BCUT2D eigenvalue weighted by molar-refractivity contribution is 9.10. The van der Waals surface area contributed by atoms with Crippen LogP contribution in [0.3, 0.4) is 0 Å². The topological polar surface area (TPSA) is 98.1 Å². The molecule has 0 spiro atoms. The van der Waals surface area contributed by atoms with Crippen molar-refractivity contribution in [2.24, 2.45) is 0 Å². The van der Waals surface area contributed by atoms with E-state index in [1.165, 1.54) is 4.68 Å². The van der Waals surface area contributed by atoms with Crippen molar-refractivity contribution in [2.75, 3.05) is 17.2 Å². The van der Waals surface area contributed by atoms with E-state index < -0.39 is 5.91 Å². The van der Waals surface area contributed by atoms with E-state index in [2.05, 4.69) is 36.9 Å². The second kappa shape index (κ2) is 9.33. The lowest BCUT2D eigenvalue weighted by molar-refractivity contribution is -0.117. The van der Waals surface area contributed by atoms with Gasteiger partial charge in [-0.15, -0.1) is 5.10 Å². The molecular weight excluding hydrogens is 438 g/mol. The van der Waals surface area contributed by atoms with Gasteiger partial charge in [0.1, 0.15) is 12.3 Å². The van der Waals surface area contributed by atoms with Gasteiger partial charge in [0.15, 0.2) is 5.69 Å². The quantitative estimate of drug-likeness (QED) is 0.564. The van der Waals surface area contributed by atoms with Gasteiger partial charge in [-0.1, -0.05) is 21.1 Å². The Morgan fingerprint density at radius 1 is 1.03 bits per heavy atom. The Bertz CT molecular complexity index is 1000. The lowest BCUT2D eigenvalue weighted by atomic mass is 10.2. The number of halogens is 1. The van der Waals surface area contributed by atoms with Crippen molar-refractivity contribution in [3.8, 4) is 5.75 Å². The molecule has 9 heteroatoms. The Morgan fingerprint density at radius 3 is 2.31 bits per heavy atom. The summed E-state index contributed by atoms with van der Waals surface area (Å²) in [4.78, 5) is 24.8. The third-order valence-corrected chi connectivity index (χ3v) is 4.57. The molecule has 1 heterocycles. The van der Waals surface area contributed by atoms with Gasteiger partial charge in [-0.25, -0.2) is 4.68 Å². The van der Waals surface area contributed by atoms with Crippen molar-refractivity contribution in [2.45, 2.75) is 20.4 Å². The van der Waals surface area contributed by atoms with E-state index in [0.717, 1.165) is 10.2 Å². The predicted molar refractivity (Wildman–Crippen MR) is 113 cm³/mol. The second-order valence-electron chi connectivity index (χ2n) is 6.15. The molecule has 2 aromatic carbocycles. The first kappa shape index (κ1) is 20.5. The first-order valence-corrected chi connectivity index (χ1v) is 9.75. The van der Waals surface area contributed by atoms with E-state index in [1.54, 1.807) is 43.3 Å². The van der Waals surface area contributed by atoms with E-state index in [-0.39, 0.29) is 18.1 Å². The molecule has 2 N–H and O–H groups in total. The number of aromatic nitrogens is 3. The summed E-state index contributed by atoms with van der Waals surface area (Å²) in [5.74, 6) is 0.0643. The van der Waals surface area contributed by atoms with E-state index in [4.69, 9.17) is 4.74 Å². The minimum Gasteiger partial charge on any atom is -0.494 e. The Morgan fingerprint density at radius 2 is 1.66 bits per heavy atom. The molecule has 1 aromatic heterocycles. The number of carbonyl (C=O) groups excluding carboxylic acids is 2. The summed E-state index contributed by atoms with van der Waals surface area (Å²) >= 11 is 3.35. The molecule has 3 aromatic rings. The van der Waals surface area contributed by atoms with Gasteiger partial charge < -0.3 is 15.4 Å². The Balaban J connectivity index is 1.62. The number of anilines is 2. The summed E-state index contributed by atoms with van der Waals surface area (Å²) in [6, 6.07) is 14.3. The Hall–Kier alpha value is -3.20. The third-order valence-electron chi connectivity index (χ3n) is 4.04. The molecule has 2 amide bonds. The molecule has 0 atom stereocenters. The summed E-state index contributed by atoms with van der Waals surface area (Å²) in [5, 5.41) is 13.4. The fourth-order valence-electron chi connectivity index (χ4n) is 2.58. The molecule has 0 aliphatic heterocycles. The van der Waals surface area contributed by atoms with Crippen LogP contribution in [0.25, 0.3) is 0 Å². The zero-order chi connectivity index (χ0) is 20.8. The van der Waals surface area contributed by atoms with Crippen molar-refractivity contribution in [1.29, 1.82) is 0 Å². The summed E-state index contributed by atoms with van der Waals surface area (Å²) in [5.41, 5.74) is 1.94. The average Bonchev–Trinajstić information content (AvgIpc) is 3.06. The van der Waals surface area contributed by atoms with Crippen molar-refractivity contribution in [3.63, 3.8) is 0 Å². The highest BCUT2D eigenvalue weighted by Crippen LogP contribution is 2.17. The van der Waals surface area contributed by atoms with Crippen LogP contribution in [0, 0.1) is 6.92 Å². The number of nitrogens with one attached hydrogen (secondary N) is 2. The summed E-state index contributed by atoms with van der Waals surface area (Å²) < 4.78 is 7.69. The number of carbonyl (C=O) groups is 2. The highest BCUT2D eigenvalue weighted by Gasteiger charge is 2.18. The molecule has 0 saturated heterocycles. The second-order valence-corrected chi connectivity index (χ2v) is 7.06. The van der Waals surface area contributed by atoms with Crippen molar-refractivity contribution >= 4 is 39.1 Å². The maximum absolute atomic E-state index is 12.5. The summed E-state index contributed by atoms with van der Waals surface area (Å²) in [6.07, 6.45) is 0. The van der Waals surface area contributed by atoms with Crippen LogP contribution in [-0.2, 0) is 11.3 Å². The fraction of sp³-hybridized carbons (Fsp3) is 0.200. The number of nitrogens with zero attached hydrogens (tertiary/aromatic N) is 3. The third kappa shape index (κ3) is 5.41. The smallest absolute Gasteiger partial charge is 0.278 e. The number of hydrogen-bond donors (Lipinski definition) is 2. The number of ether oxygens (including phenoxy) is 1. The molecule has 0 aliphatic rings. The molecule has 0 bridgehead atoms. The zero-order valence-electron chi connectivity index (χ0n) is 16.0. The number of benzene rings is 2. The van der Waals surface area contributed by atoms with Crippen LogP contribution in [-0.4, -0.2) is 33.4 Å². The number of hydrogen-bond acceptors (Lipinski definition) is 5. The van der Waals surface area contributed by atoms with Crippen LogP contribution in [0.15, 0.2) is 53.0 Å². The first-order valence-electron chi connectivity index (χ1n) is 8.96. The maximum atomic E-state index is 12.5. The van der Waals surface area contributed by atoms with Gasteiger partial charge in [0.25, 0.3) is 5.91 Å². The Labute approximate surface area is 176 Å². The van der Waals surface area contributed by atoms with Crippen molar-refractivity contribution in [1.82, 2.24) is 15.0 Å². The average molecular weight is 458 g/mol. The van der Waals surface area contributed by atoms with Crippen LogP contribution in [0.5, 0.6) is 5.75 Å². The molecule has 3 rings (SSSR count). The number of amides is 2. The van der Waals surface area contributed by atoms with E-state index in [9.17, 15) is 9.59 Å². The molecule has 0 unspecified atom stereocenters. The van der Waals surface area contributed by atoms with Gasteiger partial charge in [0, 0.05) is 15.8 Å². The molecular formula is C20H20BrN5O3. The molecule has 8 nitrogen and oxygen atoms in total. The van der Waals surface area contributed by atoms with Crippen molar-refractivity contribution < 1.29 is 14.3 Å². The molecule has 0 fully saturated rings. The monoisotopic (exact) mass is 457 g/mol. The maximum Gasteiger partial charge on any atom is 0.278 e. The molecule has 0 saturated carbocycles. The SMILES string of the molecule is CCOc1ccc(NC(=O)c2nnn(CC(=O)Nc3ccc(Br)cc3)c2C)cc1. The normalized spacial score (nSPS) is 10.4. The standard InChI is InChI=1S/C20H20BrN5O3/c1-3-29-17-10-8-16(9-11-17)23-20(28)19-13(2)26(25-24-19)12-18(27)22-15-6-4-14(21)5-7-15/h4-11H,3,12H2,1-2H3,(H,22,27)(H,23,28).